The molecule has 2 rings (SSSR count). The van der Waals surface area contributed by atoms with Gasteiger partial charge in [-0.2, -0.15) is 0 Å². The van der Waals surface area contributed by atoms with E-state index in [1.54, 1.807) is 0 Å². The van der Waals surface area contributed by atoms with Gasteiger partial charge in [0, 0.05) is 22.5 Å². The molecule has 0 saturated heterocycles. The van der Waals surface area contributed by atoms with Crippen molar-refractivity contribution in [2.24, 2.45) is 0 Å². The van der Waals surface area contributed by atoms with Gasteiger partial charge in [-0.05, 0) is 30.3 Å². The Balaban J connectivity index is 2.23. The fraction of sp³-hybridized carbons (Fsp3) is 0. The molecule has 20 heavy (non-hydrogen) atoms. The maximum Gasteiger partial charge on any atom is 0.354 e. The van der Waals surface area contributed by atoms with Crippen LogP contribution in [0.25, 0.3) is 0 Å². The molecule has 1 aromatic carbocycles. The number of nitrogens with zero attached hydrogens (tertiary/aromatic N) is 1. The van der Waals surface area contributed by atoms with E-state index in [9.17, 15) is 14.0 Å². The third kappa shape index (κ3) is 3.30. The molecule has 0 radical (unpaired) electrons. The Kier molecular flexibility index (Phi) is 3.95. The average Bonchev–Trinajstić information content (AvgIpc) is 2.37. The molecule has 0 saturated carbocycles. The number of hydrogen-bond acceptors (Lipinski definition) is 3. The first-order valence-corrected chi connectivity index (χ1v) is 5.80. The normalized spacial score (nSPS) is 10.1. The van der Waals surface area contributed by atoms with E-state index in [1.807, 2.05) is 0 Å². The molecule has 0 bridgehead atoms. The maximum atomic E-state index is 13.1. The summed E-state index contributed by atoms with van der Waals surface area (Å²) in [5.41, 5.74) is 0.0152. The molecule has 2 aromatic rings. The Morgan fingerprint density at radius 1 is 1.25 bits per heavy atom. The van der Waals surface area contributed by atoms with Crippen LogP contribution >= 0.6 is 11.6 Å². The summed E-state index contributed by atoms with van der Waals surface area (Å²) >= 11 is 5.67. The van der Waals surface area contributed by atoms with Crippen molar-refractivity contribution in [3.8, 4) is 0 Å². The van der Waals surface area contributed by atoms with Crippen LogP contribution < -0.4 is 5.32 Å². The number of carbonyl (C=O) groups is 2. The van der Waals surface area contributed by atoms with Crippen molar-refractivity contribution in [3.05, 3.63) is 58.6 Å². The smallest absolute Gasteiger partial charge is 0.354 e. The summed E-state index contributed by atoms with van der Waals surface area (Å²) in [6.07, 6.45) is 1.21. The molecule has 0 atom stereocenters. The SMILES string of the molecule is O=C(Nc1cc(F)cc(Cl)c1)c1ccnc(C(=O)O)c1. The fourth-order valence-electron chi connectivity index (χ4n) is 1.52. The number of anilines is 1. The zero-order valence-electron chi connectivity index (χ0n) is 9.93. The third-order valence-corrected chi connectivity index (χ3v) is 2.58. The largest absolute Gasteiger partial charge is 0.477 e. The average molecular weight is 295 g/mol. The van der Waals surface area contributed by atoms with E-state index < -0.39 is 17.7 Å². The van der Waals surface area contributed by atoms with Crippen LogP contribution in [0.2, 0.25) is 5.02 Å². The molecule has 0 aliphatic heterocycles. The van der Waals surface area contributed by atoms with Gasteiger partial charge in [-0.3, -0.25) is 4.79 Å². The van der Waals surface area contributed by atoms with Crippen molar-refractivity contribution in [1.82, 2.24) is 4.98 Å². The molecule has 5 nitrogen and oxygen atoms in total. The Labute approximate surface area is 118 Å². The molecule has 102 valence electrons. The van der Waals surface area contributed by atoms with Gasteiger partial charge in [0.2, 0.25) is 0 Å². The Bertz CT molecular complexity index is 671. The molecule has 0 fully saturated rings. The summed E-state index contributed by atoms with van der Waals surface area (Å²) in [6, 6.07) is 6.05. The molecule has 1 heterocycles. The number of aromatic carboxylic acids is 1. The second-order valence-electron chi connectivity index (χ2n) is 3.85. The quantitative estimate of drug-likeness (QED) is 0.912. The van der Waals surface area contributed by atoms with Crippen molar-refractivity contribution in [2.45, 2.75) is 0 Å². The second kappa shape index (κ2) is 5.66. The minimum atomic E-state index is -1.24. The number of carbonyl (C=O) groups excluding carboxylic acids is 1. The number of aromatic nitrogens is 1. The van der Waals surface area contributed by atoms with Crippen molar-refractivity contribution < 1.29 is 19.1 Å². The summed E-state index contributed by atoms with van der Waals surface area (Å²) in [5.74, 6) is -2.42. The summed E-state index contributed by atoms with van der Waals surface area (Å²) in [4.78, 5) is 26.3. The zero-order valence-corrected chi connectivity index (χ0v) is 10.7. The van der Waals surface area contributed by atoms with E-state index in [2.05, 4.69) is 10.3 Å². The highest BCUT2D eigenvalue weighted by atomic mass is 35.5. The molecule has 1 aromatic heterocycles. The minimum Gasteiger partial charge on any atom is -0.477 e. The predicted molar refractivity (Wildman–Crippen MR) is 70.6 cm³/mol. The minimum absolute atomic E-state index is 0.0952. The van der Waals surface area contributed by atoms with Crippen LogP contribution in [0.4, 0.5) is 10.1 Å². The van der Waals surface area contributed by atoms with Gasteiger partial charge in [-0.15, -0.1) is 0 Å². The topological polar surface area (TPSA) is 79.3 Å². The van der Waals surface area contributed by atoms with Gasteiger partial charge in [0.15, 0.2) is 0 Å². The molecule has 2 N–H and O–H groups in total. The Morgan fingerprint density at radius 2 is 2.00 bits per heavy atom. The van der Waals surface area contributed by atoms with Gasteiger partial charge in [0.25, 0.3) is 5.91 Å². The first kappa shape index (κ1) is 14.0. The van der Waals surface area contributed by atoms with E-state index in [4.69, 9.17) is 16.7 Å². The summed E-state index contributed by atoms with van der Waals surface area (Å²) in [7, 11) is 0. The molecule has 1 amide bonds. The van der Waals surface area contributed by atoms with Gasteiger partial charge >= 0.3 is 5.97 Å². The first-order chi connectivity index (χ1) is 9.45. The van der Waals surface area contributed by atoms with Crippen LogP contribution in [0.3, 0.4) is 0 Å². The summed E-state index contributed by atoms with van der Waals surface area (Å²) in [5, 5.41) is 11.4. The van der Waals surface area contributed by atoms with Gasteiger partial charge in [-0.1, -0.05) is 11.6 Å². The lowest BCUT2D eigenvalue weighted by Crippen LogP contribution is -2.13. The first-order valence-electron chi connectivity index (χ1n) is 5.42. The molecule has 0 spiro atoms. The van der Waals surface area contributed by atoms with Crippen molar-refractivity contribution in [1.29, 1.82) is 0 Å². The number of hydrogen-bond donors (Lipinski definition) is 2. The molecule has 7 heteroatoms. The summed E-state index contributed by atoms with van der Waals surface area (Å²) in [6.45, 7) is 0. The van der Waals surface area contributed by atoms with Crippen LogP contribution in [0, 0.1) is 5.82 Å². The van der Waals surface area contributed by atoms with Gasteiger partial charge in [0.1, 0.15) is 11.5 Å². The molecular formula is C13H8ClFN2O3. The van der Waals surface area contributed by atoms with E-state index >= 15 is 0 Å². The molecule has 0 aliphatic rings. The number of nitrogens with one attached hydrogen (secondary N) is 1. The lowest BCUT2D eigenvalue weighted by atomic mass is 10.2. The van der Waals surface area contributed by atoms with Crippen molar-refractivity contribution in [2.75, 3.05) is 5.32 Å². The van der Waals surface area contributed by atoms with Crippen LogP contribution in [0.1, 0.15) is 20.8 Å². The van der Waals surface area contributed by atoms with Crippen molar-refractivity contribution >= 4 is 29.2 Å². The van der Waals surface area contributed by atoms with Crippen LogP contribution in [-0.4, -0.2) is 22.0 Å². The second-order valence-corrected chi connectivity index (χ2v) is 4.28. The fourth-order valence-corrected chi connectivity index (χ4v) is 1.74. The Morgan fingerprint density at radius 3 is 2.65 bits per heavy atom. The van der Waals surface area contributed by atoms with Gasteiger partial charge < -0.3 is 10.4 Å². The number of benzene rings is 1. The predicted octanol–water partition coefficient (Wildman–Crippen LogP) is 2.82. The van der Waals surface area contributed by atoms with E-state index in [0.29, 0.717) is 0 Å². The lowest BCUT2D eigenvalue weighted by molar-refractivity contribution is 0.0690. The zero-order chi connectivity index (χ0) is 14.7. The highest BCUT2D eigenvalue weighted by Gasteiger charge is 2.11. The summed E-state index contributed by atoms with van der Waals surface area (Å²) < 4.78 is 13.1. The highest BCUT2D eigenvalue weighted by molar-refractivity contribution is 6.31. The number of rotatable bonds is 3. The number of carboxylic acid groups (broad SMARTS) is 1. The number of pyridine rings is 1. The molecular weight excluding hydrogens is 287 g/mol. The van der Waals surface area contributed by atoms with E-state index in [0.717, 1.165) is 18.2 Å². The van der Waals surface area contributed by atoms with E-state index in [1.165, 1.54) is 18.3 Å². The van der Waals surface area contributed by atoms with Gasteiger partial charge in [-0.25, -0.2) is 14.2 Å². The Hall–Kier alpha value is -2.47. The van der Waals surface area contributed by atoms with Crippen LogP contribution in [-0.2, 0) is 0 Å². The van der Waals surface area contributed by atoms with Gasteiger partial charge in [0.05, 0.1) is 0 Å². The monoisotopic (exact) mass is 294 g/mol. The van der Waals surface area contributed by atoms with Crippen LogP contribution in [0.5, 0.6) is 0 Å². The number of amides is 1. The van der Waals surface area contributed by atoms with E-state index in [-0.39, 0.29) is 22.0 Å². The maximum absolute atomic E-state index is 13.1. The third-order valence-electron chi connectivity index (χ3n) is 2.36. The lowest BCUT2D eigenvalue weighted by Gasteiger charge is -2.06. The number of halogens is 2. The number of carboxylic acids is 1. The standard InChI is InChI=1S/C13H8ClFN2O3/c14-8-4-9(15)6-10(5-8)17-12(18)7-1-2-16-11(3-7)13(19)20/h1-6H,(H,17,18)(H,19,20). The molecule has 0 aliphatic carbocycles. The van der Waals surface area contributed by atoms with Crippen LogP contribution in [0.15, 0.2) is 36.5 Å². The van der Waals surface area contributed by atoms with Crippen molar-refractivity contribution in [3.63, 3.8) is 0 Å². The highest BCUT2D eigenvalue weighted by Crippen LogP contribution is 2.18. The molecule has 0 unspecified atom stereocenters.